The lowest BCUT2D eigenvalue weighted by molar-refractivity contribution is 0.459. The van der Waals surface area contributed by atoms with Crippen LogP contribution in [0.3, 0.4) is 0 Å². The molecule has 4 nitrogen and oxygen atoms in total. The number of aromatic nitrogens is 3. The van der Waals surface area contributed by atoms with Gasteiger partial charge in [-0.05, 0) is 19.3 Å². The van der Waals surface area contributed by atoms with Crippen molar-refractivity contribution in [2.75, 3.05) is 0 Å². The van der Waals surface area contributed by atoms with Crippen LogP contribution in [0.4, 0.5) is 0 Å². The number of allylic oxidation sites excluding steroid dienone is 1. The number of nitrogens with zero attached hydrogens (tertiary/aromatic N) is 3. The molecule has 0 aromatic carbocycles. The van der Waals surface area contributed by atoms with Crippen molar-refractivity contribution in [3.05, 3.63) is 24.8 Å². The summed E-state index contributed by atoms with van der Waals surface area (Å²) in [7, 11) is 1.96. The summed E-state index contributed by atoms with van der Waals surface area (Å²) in [5.74, 6) is 0.979. The summed E-state index contributed by atoms with van der Waals surface area (Å²) in [6, 6.07) is 0.541. The van der Waals surface area contributed by atoms with E-state index in [1.165, 1.54) is 0 Å². The fourth-order valence-electron chi connectivity index (χ4n) is 1.47. The highest BCUT2D eigenvalue weighted by molar-refractivity contribution is 4.84. The molecule has 0 saturated carbocycles. The van der Waals surface area contributed by atoms with Crippen molar-refractivity contribution in [1.82, 2.24) is 20.1 Å². The van der Waals surface area contributed by atoms with Crippen LogP contribution in [0.25, 0.3) is 0 Å². The van der Waals surface area contributed by atoms with E-state index in [1.807, 2.05) is 17.7 Å². The van der Waals surface area contributed by atoms with Gasteiger partial charge < -0.3 is 9.88 Å². The molecule has 0 radical (unpaired) electrons. The van der Waals surface area contributed by atoms with Crippen LogP contribution in [0.15, 0.2) is 19.0 Å². The van der Waals surface area contributed by atoms with Crippen LogP contribution in [0.2, 0.25) is 0 Å². The molecule has 0 unspecified atom stereocenters. The Balaban J connectivity index is 2.34. The van der Waals surface area contributed by atoms with Crippen LogP contribution in [-0.4, -0.2) is 20.8 Å². The van der Waals surface area contributed by atoms with Crippen molar-refractivity contribution >= 4 is 0 Å². The normalized spacial score (nSPS) is 12.7. The first-order chi connectivity index (χ1) is 7.27. The molecular weight excluding hydrogens is 188 g/mol. The molecule has 0 amide bonds. The van der Waals surface area contributed by atoms with E-state index >= 15 is 0 Å². The molecule has 15 heavy (non-hydrogen) atoms. The Morgan fingerprint density at radius 1 is 1.67 bits per heavy atom. The van der Waals surface area contributed by atoms with Gasteiger partial charge >= 0.3 is 0 Å². The molecule has 1 rings (SSSR count). The van der Waals surface area contributed by atoms with Gasteiger partial charge in [-0.15, -0.1) is 16.8 Å². The summed E-state index contributed by atoms with van der Waals surface area (Å²) in [5, 5.41) is 11.4. The van der Waals surface area contributed by atoms with Crippen LogP contribution in [0.5, 0.6) is 0 Å². The van der Waals surface area contributed by atoms with Gasteiger partial charge in [-0.25, -0.2) is 0 Å². The number of aryl methyl sites for hydroxylation is 1. The van der Waals surface area contributed by atoms with Crippen molar-refractivity contribution < 1.29 is 0 Å². The molecule has 1 N–H and O–H groups in total. The summed E-state index contributed by atoms with van der Waals surface area (Å²) in [4.78, 5) is 0. The van der Waals surface area contributed by atoms with Gasteiger partial charge in [0, 0.05) is 13.1 Å². The quantitative estimate of drug-likeness (QED) is 0.693. The minimum Gasteiger partial charge on any atom is -0.320 e. The lowest BCUT2D eigenvalue weighted by Gasteiger charge is -2.15. The largest absolute Gasteiger partial charge is 0.320 e. The lowest BCUT2D eigenvalue weighted by atomic mass is 10.1. The Bertz CT molecular complexity index is 293. The Hall–Kier alpha value is -1.16. The fraction of sp³-hybridized carbons (Fsp3) is 0.636. The zero-order valence-corrected chi connectivity index (χ0v) is 9.61. The molecule has 0 aliphatic rings. The smallest absolute Gasteiger partial charge is 0.146 e. The van der Waals surface area contributed by atoms with Crippen molar-refractivity contribution in [3.8, 4) is 0 Å². The first kappa shape index (κ1) is 11.9. The molecule has 0 aliphatic carbocycles. The third-order valence-electron chi connectivity index (χ3n) is 2.57. The average molecular weight is 208 g/mol. The van der Waals surface area contributed by atoms with Gasteiger partial charge in [0.05, 0.1) is 6.54 Å². The summed E-state index contributed by atoms with van der Waals surface area (Å²) in [6.45, 7) is 6.71. The van der Waals surface area contributed by atoms with Gasteiger partial charge in [-0.1, -0.05) is 13.0 Å². The Labute approximate surface area is 91.4 Å². The minimum absolute atomic E-state index is 0.541. The van der Waals surface area contributed by atoms with Gasteiger partial charge in [0.2, 0.25) is 0 Å². The van der Waals surface area contributed by atoms with E-state index in [2.05, 4.69) is 29.0 Å². The topological polar surface area (TPSA) is 42.7 Å². The van der Waals surface area contributed by atoms with E-state index < -0.39 is 0 Å². The van der Waals surface area contributed by atoms with E-state index in [4.69, 9.17) is 0 Å². The summed E-state index contributed by atoms with van der Waals surface area (Å²) < 4.78 is 1.94. The average Bonchev–Trinajstić information content (AvgIpc) is 2.65. The van der Waals surface area contributed by atoms with Crippen molar-refractivity contribution in [1.29, 1.82) is 0 Å². The van der Waals surface area contributed by atoms with Gasteiger partial charge in [-0.2, -0.15) is 0 Å². The monoisotopic (exact) mass is 208 g/mol. The van der Waals surface area contributed by atoms with E-state index in [-0.39, 0.29) is 0 Å². The SMILES string of the molecule is C=CCC[C@@H](CC)NCc1nncn1C. The van der Waals surface area contributed by atoms with Crippen molar-refractivity contribution in [2.45, 2.75) is 38.8 Å². The highest BCUT2D eigenvalue weighted by Crippen LogP contribution is 2.03. The number of rotatable bonds is 7. The van der Waals surface area contributed by atoms with E-state index in [0.29, 0.717) is 6.04 Å². The second-order valence-corrected chi connectivity index (χ2v) is 3.71. The van der Waals surface area contributed by atoms with E-state index in [9.17, 15) is 0 Å². The Kier molecular flexibility index (Phi) is 5.04. The predicted molar refractivity (Wildman–Crippen MR) is 61.4 cm³/mol. The Morgan fingerprint density at radius 3 is 3.00 bits per heavy atom. The molecule has 0 aliphatic heterocycles. The lowest BCUT2D eigenvalue weighted by Crippen LogP contribution is -2.28. The Morgan fingerprint density at radius 2 is 2.47 bits per heavy atom. The van der Waals surface area contributed by atoms with Crippen LogP contribution in [0, 0.1) is 0 Å². The summed E-state index contributed by atoms with van der Waals surface area (Å²) >= 11 is 0. The second kappa shape index (κ2) is 6.35. The highest BCUT2D eigenvalue weighted by Gasteiger charge is 2.06. The van der Waals surface area contributed by atoms with E-state index in [0.717, 1.165) is 31.6 Å². The summed E-state index contributed by atoms with van der Waals surface area (Å²) in [6.07, 6.45) is 7.02. The highest BCUT2D eigenvalue weighted by atomic mass is 15.3. The van der Waals surface area contributed by atoms with Crippen LogP contribution < -0.4 is 5.32 Å². The molecule has 1 atom stereocenters. The number of hydrogen-bond donors (Lipinski definition) is 1. The maximum absolute atomic E-state index is 4.03. The predicted octanol–water partition coefficient (Wildman–Crippen LogP) is 1.65. The van der Waals surface area contributed by atoms with Crippen LogP contribution in [-0.2, 0) is 13.6 Å². The zero-order chi connectivity index (χ0) is 11.1. The molecule has 0 fully saturated rings. The maximum atomic E-state index is 4.03. The van der Waals surface area contributed by atoms with Gasteiger partial charge in [-0.3, -0.25) is 0 Å². The molecule has 0 spiro atoms. The molecule has 84 valence electrons. The minimum atomic E-state index is 0.541. The maximum Gasteiger partial charge on any atom is 0.146 e. The third kappa shape index (κ3) is 3.83. The van der Waals surface area contributed by atoms with Crippen molar-refractivity contribution in [2.24, 2.45) is 7.05 Å². The second-order valence-electron chi connectivity index (χ2n) is 3.71. The molecule has 1 aromatic rings. The van der Waals surface area contributed by atoms with E-state index in [1.54, 1.807) is 6.33 Å². The first-order valence-corrected chi connectivity index (χ1v) is 5.45. The number of hydrogen-bond acceptors (Lipinski definition) is 3. The third-order valence-corrected chi connectivity index (χ3v) is 2.57. The van der Waals surface area contributed by atoms with Crippen LogP contribution >= 0.6 is 0 Å². The molecule has 0 saturated heterocycles. The van der Waals surface area contributed by atoms with Crippen molar-refractivity contribution in [3.63, 3.8) is 0 Å². The summed E-state index contributed by atoms with van der Waals surface area (Å²) in [5.41, 5.74) is 0. The molecule has 4 heteroatoms. The first-order valence-electron chi connectivity index (χ1n) is 5.45. The fourth-order valence-corrected chi connectivity index (χ4v) is 1.47. The number of nitrogens with one attached hydrogen (secondary N) is 1. The zero-order valence-electron chi connectivity index (χ0n) is 9.61. The molecule has 1 aromatic heterocycles. The molecule has 0 bridgehead atoms. The van der Waals surface area contributed by atoms with Gasteiger partial charge in [0.15, 0.2) is 0 Å². The van der Waals surface area contributed by atoms with Gasteiger partial charge in [0.25, 0.3) is 0 Å². The van der Waals surface area contributed by atoms with Crippen LogP contribution in [0.1, 0.15) is 32.0 Å². The standard InChI is InChI=1S/C11H20N4/c1-4-6-7-10(5-2)12-8-11-14-13-9-15(11)3/h4,9-10,12H,1,5-8H2,2-3H3/t10-/m1/s1. The molecular formula is C11H20N4. The van der Waals surface area contributed by atoms with Gasteiger partial charge in [0.1, 0.15) is 12.2 Å². The molecule has 1 heterocycles.